The van der Waals surface area contributed by atoms with Gasteiger partial charge in [-0.15, -0.1) is 0 Å². The SMILES string of the molecule is C=CC(=O)N1CCCC(n2nc(-c3ccc(CN4CCOc5cccnc54)cc3)c3c(N)ncnc32)C1. The van der Waals surface area contributed by atoms with Crippen LogP contribution in [0.25, 0.3) is 22.3 Å². The van der Waals surface area contributed by atoms with Gasteiger partial charge < -0.3 is 20.3 Å². The summed E-state index contributed by atoms with van der Waals surface area (Å²) >= 11 is 0. The van der Waals surface area contributed by atoms with Gasteiger partial charge in [0.1, 0.15) is 24.4 Å². The van der Waals surface area contributed by atoms with Crippen molar-refractivity contribution in [1.82, 2.24) is 29.6 Å². The molecule has 4 aromatic rings. The molecule has 5 heterocycles. The van der Waals surface area contributed by atoms with Gasteiger partial charge >= 0.3 is 0 Å². The summed E-state index contributed by atoms with van der Waals surface area (Å²) in [5.41, 5.74) is 9.84. The van der Waals surface area contributed by atoms with Gasteiger partial charge in [0.25, 0.3) is 0 Å². The fourth-order valence-corrected chi connectivity index (χ4v) is 5.18. The molecule has 2 aliphatic heterocycles. The van der Waals surface area contributed by atoms with Crippen molar-refractivity contribution in [3.63, 3.8) is 0 Å². The van der Waals surface area contributed by atoms with Crippen LogP contribution in [-0.2, 0) is 11.3 Å². The molecule has 1 amide bonds. The molecule has 188 valence electrons. The first-order valence-electron chi connectivity index (χ1n) is 12.4. The molecule has 1 fully saturated rings. The second-order valence-corrected chi connectivity index (χ2v) is 9.33. The van der Waals surface area contributed by atoms with E-state index in [2.05, 4.69) is 50.7 Å². The number of ether oxygens (including phenoxy) is 1. The van der Waals surface area contributed by atoms with Crippen molar-refractivity contribution in [2.75, 3.05) is 36.9 Å². The first-order chi connectivity index (χ1) is 18.1. The van der Waals surface area contributed by atoms with E-state index in [1.54, 1.807) is 6.20 Å². The molecule has 0 radical (unpaired) electrons. The Morgan fingerprint density at radius 3 is 2.86 bits per heavy atom. The van der Waals surface area contributed by atoms with Crippen molar-refractivity contribution in [1.29, 1.82) is 0 Å². The highest BCUT2D eigenvalue weighted by Crippen LogP contribution is 2.34. The predicted molar refractivity (Wildman–Crippen MR) is 141 cm³/mol. The fraction of sp³-hybridized carbons (Fsp3) is 0.296. The molecule has 0 bridgehead atoms. The minimum absolute atomic E-state index is 0.00337. The average Bonchev–Trinajstić information content (AvgIpc) is 3.34. The van der Waals surface area contributed by atoms with Gasteiger partial charge in [-0.1, -0.05) is 30.8 Å². The lowest BCUT2D eigenvalue weighted by Crippen LogP contribution is -2.40. The van der Waals surface area contributed by atoms with E-state index in [1.807, 2.05) is 21.7 Å². The number of carbonyl (C=O) groups excluding carboxylic acids is 1. The highest BCUT2D eigenvalue weighted by atomic mass is 16.5. The molecular weight excluding hydrogens is 468 g/mol. The number of fused-ring (bicyclic) bond motifs is 2. The maximum atomic E-state index is 12.2. The smallest absolute Gasteiger partial charge is 0.246 e. The van der Waals surface area contributed by atoms with Crippen LogP contribution in [0.1, 0.15) is 24.4 Å². The summed E-state index contributed by atoms with van der Waals surface area (Å²) in [6.07, 6.45) is 6.40. The van der Waals surface area contributed by atoms with E-state index >= 15 is 0 Å². The third-order valence-corrected chi connectivity index (χ3v) is 7.02. The number of likely N-dealkylation sites (tertiary alicyclic amines) is 1. The van der Waals surface area contributed by atoms with E-state index in [4.69, 9.17) is 15.6 Å². The highest BCUT2D eigenvalue weighted by molar-refractivity contribution is 5.98. The van der Waals surface area contributed by atoms with Gasteiger partial charge in [0.05, 0.1) is 18.0 Å². The number of nitrogens with two attached hydrogens (primary N) is 1. The number of amides is 1. The Kier molecular flexibility index (Phi) is 5.91. The number of anilines is 2. The summed E-state index contributed by atoms with van der Waals surface area (Å²) in [7, 11) is 0. The molecule has 1 aromatic carbocycles. The molecule has 1 saturated heterocycles. The lowest BCUT2D eigenvalue weighted by atomic mass is 10.1. The normalized spacial score (nSPS) is 17.4. The molecule has 6 rings (SSSR count). The van der Waals surface area contributed by atoms with Gasteiger partial charge in [0.15, 0.2) is 17.2 Å². The predicted octanol–water partition coefficient (Wildman–Crippen LogP) is 3.22. The topological polar surface area (TPSA) is 115 Å². The van der Waals surface area contributed by atoms with E-state index in [0.717, 1.165) is 66.3 Å². The molecule has 10 nitrogen and oxygen atoms in total. The third kappa shape index (κ3) is 4.24. The van der Waals surface area contributed by atoms with Crippen LogP contribution in [-0.4, -0.2) is 61.8 Å². The summed E-state index contributed by atoms with van der Waals surface area (Å²) in [6.45, 7) is 7.04. The molecule has 2 aliphatic rings. The van der Waals surface area contributed by atoms with Crippen LogP contribution in [0.15, 0.2) is 61.6 Å². The number of aromatic nitrogens is 5. The van der Waals surface area contributed by atoms with Crippen molar-refractivity contribution in [2.24, 2.45) is 0 Å². The van der Waals surface area contributed by atoms with E-state index in [0.29, 0.717) is 24.6 Å². The van der Waals surface area contributed by atoms with E-state index in [-0.39, 0.29) is 11.9 Å². The summed E-state index contributed by atoms with van der Waals surface area (Å²) in [5.74, 6) is 2.00. The lowest BCUT2D eigenvalue weighted by Gasteiger charge is -2.32. The third-order valence-electron chi connectivity index (χ3n) is 7.02. The highest BCUT2D eigenvalue weighted by Gasteiger charge is 2.28. The van der Waals surface area contributed by atoms with Crippen LogP contribution in [0.5, 0.6) is 5.75 Å². The quantitative estimate of drug-likeness (QED) is 0.419. The molecule has 1 unspecified atom stereocenters. The number of nitrogen functional groups attached to an aromatic ring is 1. The fourth-order valence-electron chi connectivity index (χ4n) is 5.18. The molecule has 2 N–H and O–H groups in total. The zero-order valence-electron chi connectivity index (χ0n) is 20.5. The Bertz CT molecular complexity index is 1470. The van der Waals surface area contributed by atoms with Crippen LogP contribution < -0.4 is 15.4 Å². The zero-order valence-corrected chi connectivity index (χ0v) is 20.5. The van der Waals surface area contributed by atoms with Crippen LogP contribution in [0.2, 0.25) is 0 Å². The van der Waals surface area contributed by atoms with Gasteiger partial charge in [-0.05, 0) is 36.6 Å². The van der Waals surface area contributed by atoms with Gasteiger partial charge in [0.2, 0.25) is 5.91 Å². The van der Waals surface area contributed by atoms with Crippen LogP contribution in [0.3, 0.4) is 0 Å². The molecule has 37 heavy (non-hydrogen) atoms. The Hall–Kier alpha value is -4.47. The number of rotatable bonds is 5. The maximum Gasteiger partial charge on any atom is 0.246 e. The Balaban J connectivity index is 1.31. The minimum Gasteiger partial charge on any atom is -0.488 e. The summed E-state index contributed by atoms with van der Waals surface area (Å²) in [6, 6.07) is 12.1. The molecular formula is C27H28N8O2. The molecule has 10 heteroatoms. The first kappa shape index (κ1) is 23.0. The number of nitrogens with zero attached hydrogens (tertiary/aromatic N) is 7. The van der Waals surface area contributed by atoms with E-state index < -0.39 is 0 Å². The number of benzene rings is 1. The van der Waals surface area contributed by atoms with Crippen molar-refractivity contribution >= 4 is 28.6 Å². The van der Waals surface area contributed by atoms with Gasteiger partial charge in [-0.3, -0.25) is 4.79 Å². The molecule has 1 atom stereocenters. The van der Waals surface area contributed by atoms with Crippen molar-refractivity contribution in [3.8, 4) is 17.0 Å². The minimum atomic E-state index is -0.0656. The summed E-state index contributed by atoms with van der Waals surface area (Å²) < 4.78 is 7.65. The number of hydrogen-bond acceptors (Lipinski definition) is 8. The van der Waals surface area contributed by atoms with Gasteiger partial charge in [0, 0.05) is 31.4 Å². The van der Waals surface area contributed by atoms with E-state index in [1.165, 1.54) is 12.4 Å². The molecule has 3 aromatic heterocycles. The standard InChI is InChI=1S/C27H28N8O2/c1-2-22(36)33-12-4-5-20(16-33)35-27-23(25(28)30-17-31-27)24(32-35)19-9-7-18(8-10-19)15-34-13-14-37-21-6-3-11-29-26(21)34/h2-3,6-11,17,20H,1,4-5,12-16H2,(H2,28,30,31). The van der Waals surface area contributed by atoms with Crippen molar-refractivity contribution in [3.05, 3.63) is 67.1 Å². The molecule has 0 saturated carbocycles. The zero-order chi connectivity index (χ0) is 25.4. The average molecular weight is 497 g/mol. The molecule has 0 aliphatic carbocycles. The Morgan fingerprint density at radius 1 is 1.16 bits per heavy atom. The van der Waals surface area contributed by atoms with Gasteiger partial charge in [-0.2, -0.15) is 5.10 Å². The number of carbonyl (C=O) groups is 1. The maximum absolute atomic E-state index is 12.2. The first-order valence-corrected chi connectivity index (χ1v) is 12.4. The number of hydrogen-bond donors (Lipinski definition) is 1. The molecule has 0 spiro atoms. The summed E-state index contributed by atoms with van der Waals surface area (Å²) in [5, 5.41) is 5.70. The van der Waals surface area contributed by atoms with E-state index in [9.17, 15) is 4.79 Å². The number of pyridine rings is 1. The monoisotopic (exact) mass is 496 g/mol. The van der Waals surface area contributed by atoms with Crippen LogP contribution in [0, 0.1) is 0 Å². The Morgan fingerprint density at radius 2 is 2.03 bits per heavy atom. The van der Waals surface area contributed by atoms with Crippen LogP contribution in [0.4, 0.5) is 11.6 Å². The van der Waals surface area contributed by atoms with Crippen LogP contribution >= 0.6 is 0 Å². The largest absolute Gasteiger partial charge is 0.488 e. The van der Waals surface area contributed by atoms with Crippen molar-refractivity contribution in [2.45, 2.75) is 25.4 Å². The summed E-state index contributed by atoms with van der Waals surface area (Å²) in [4.78, 5) is 29.6. The van der Waals surface area contributed by atoms with Crippen molar-refractivity contribution < 1.29 is 9.53 Å². The number of piperidine rings is 1. The lowest BCUT2D eigenvalue weighted by molar-refractivity contribution is -0.127. The second kappa shape index (κ2) is 9.53. The second-order valence-electron chi connectivity index (χ2n) is 9.33. The van der Waals surface area contributed by atoms with Gasteiger partial charge in [-0.25, -0.2) is 19.6 Å². The Labute approximate surface area is 214 Å².